The van der Waals surface area contributed by atoms with Gasteiger partial charge in [-0.3, -0.25) is 4.98 Å². The largest absolute Gasteiger partial charge is 0.478 e. The fourth-order valence-electron chi connectivity index (χ4n) is 2.02. The van der Waals surface area contributed by atoms with E-state index in [1.54, 1.807) is 12.3 Å². The fourth-order valence-corrected chi connectivity index (χ4v) is 2.02. The monoisotopic (exact) mass is 283 g/mol. The standard InChI is InChI=1S/C16H10FNO3/c17-13-9-10(5-6-11(13)16(19)20)21-15-7-8-18-14-4-2-1-3-12(14)15/h1-9H,(H,19,20). The number of hydrogen-bond donors (Lipinski definition) is 1. The van der Waals surface area contributed by atoms with Gasteiger partial charge in [0.1, 0.15) is 17.3 Å². The lowest BCUT2D eigenvalue weighted by molar-refractivity contribution is 0.0692. The molecule has 3 aromatic rings. The molecule has 0 unspecified atom stereocenters. The van der Waals surface area contributed by atoms with E-state index >= 15 is 0 Å². The van der Waals surface area contributed by atoms with Gasteiger partial charge in [0.2, 0.25) is 0 Å². The van der Waals surface area contributed by atoms with E-state index in [4.69, 9.17) is 9.84 Å². The van der Waals surface area contributed by atoms with E-state index in [-0.39, 0.29) is 11.3 Å². The van der Waals surface area contributed by atoms with Gasteiger partial charge in [0.15, 0.2) is 0 Å². The minimum absolute atomic E-state index is 0.230. The molecule has 0 bridgehead atoms. The average molecular weight is 283 g/mol. The van der Waals surface area contributed by atoms with E-state index in [0.29, 0.717) is 5.75 Å². The minimum atomic E-state index is -1.31. The molecule has 0 spiro atoms. The van der Waals surface area contributed by atoms with Gasteiger partial charge in [-0.05, 0) is 30.3 Å². The second kappa shape index (κ2) is 5.20. The SMILES string of the molecule is O=C(O)c1ccc(Oc2ccnc3ccccc23)cc1F. The van der Waals surface area contributed by atoms with Crippen molar-refractivity contribution in [2.45, 2.75) is 0 Å². The summed E-state index contributed by atoms with van der Waals surface area (Å²) in [5.74, 6) is -1.39. The number of benzene rings is 2. The number of carboxylic acids is 1. The Morgan fingerprint density at radius 2 is 1.95 bits per heavy atom. The van der Waals surface area contributed by atoms with Crippen LogP contribution in [0.5, 0.6) is 11.5 Å². The Bertz CT molecular complexity index is 827. The lowest BCUT2D eigenvalue weighted by atomic mass is 10.2. The van der Waals surface area contributed by atoms with E-state index in [9.17, 15) is 9.18 Å². The van der Waals surface area contributed by atoms with E-state index < -0.39 is 11.8 Å². The van der Waals surface area contributed by atoms with Gasteiger partial charge in [-0.25, -0.2) is 9.18 Å². The van der Waals surface area contributed by atoms with Crippen LogP contribution in [0.4, 0.5) is 4.39 Å². The molecule has 0 aliphatic carbocycles. The van der Waals surface area contributed by atoms with Crippen molar-refractivity contribution in [2.75, 3.05) is 0 Å². The molecular formula is C16H10FNO3. The molecule has 1 N–H and O–H groups in total. The molecule has 0 saturated carbocycles. The fraction of sp³-hybridized carbons (Fsp3) is 0. The second-order valence-corrected chi connectivity index (χ2v) is 4.38. The number of aromatic carboxylic acids is 1. The minimum Gasteiger partial charge on any atom is -0.478 e. The normalized spacial score (nSPS) is 10.5. The summed E-state index contributed by atoms with van der Waals surface area (Å²) in [6, 6.07) is 12.7. The Hall–Kier alpha value is -2.95. The zero-order chi connectivity index (χ0) is 14.8. The molecule has 0 radical (unpaired) electrons. The predicted octanol–water partition coefficient (Wildman–Crippen LogP) is 3.86. The lowest BCUT2D eigenvalue weighted by Crippen LogP contribution is -2.00. The average Bonchev–Trinajstić information content (AvgIpc) is 2.47. The summed E-state index contributed by atoms with van der Waals surface area (Å²) in [5, 5.41) is 9.59. The van der Waals surface area contributed by atoms with Crippen molar-refractivity contribution in [3.8, 4) is 11.5 Å². The molecule has 4 nitrogen and oxygen atoms in total. The summed E-state index contributed by atoms with van der Waals surface area (Å²) in [7, 11) is 0. The maximum atomic E-state index is 13.6. The molecule has 0 amide bonds. The topological polar surface area (TPSA) is 59.4 Å². The van der Waals surface area contributed by atoms with Gasteiger partial charge in [-0.1, -0.05) is 12.1 Å². The van der Waals surface area contributed by atoms with Gasteiger partial charge in [0.05, 0.1) is 11.1 Å². The third-order valence-corrected chi connectivity index (χ3v) is 3.01. The number of carboxylic acid groups (broad SMARTS) is 1. The van der Waals surface area contributed by atoms with Crippen LogP contribution >= 0.6 is 0 Å². The maximum Gasteiger partial charge on any atom is 0.338 e. The Morgan fingerprint density at radius 1 is 1.14 bits per heavy atom. The number of hydrogen-bond acceptors (Lipinski definition) is 3. The first-order chi connectivity index (χ1) is 10.1. The number of ether oxygens (including phenoxy) is 1. The second-order valence-electron chi connectivity index (χ2n) is 4.38. The predicted molar refractivity (Wildman–Crippen MR) is 75.2 cm³/mol. The van der Waals surface area contributed by atoms with Crippen molar-refractivity contribution in [1.82, 2.24) is 4.98 Å². The highest BCUT2D eigenvalue weighted by molar-refractivity contribution is 5.88. The molecule has 0 fully saturated rings. The molecule has 3 rings (SSSR count). The molecule has 21 heavy (non-hydrogen) atoms. The van der Waals surface area contributed by atoms with Crippen molar-refractivity contribution >= 4 is 16.9 Å². The smallest absolute Gasteiger partial charge is 0.338 e. The number of halogens is 1. The Kier molecular flexibility index (Phi) is 3.23. The van der Waals surface area contributed by atoms with E-state index in [1.807, 2.05) is 24.3 Å². The van der Waals surface area contributed by atoms with Crippen molar-refractivity contribution in [3.05, 3.63) is 66.1 Å². The molecule has 0 atom stereocenters. The third kappa shape index (κ3) is 2.53. The maximum absolute atomic E-state index is 13.6. The highest BCUT2D eigenvalue weighted by atomic mass is 19.1. The van der Waals surface area contributed by atoms with Gasteiger partial charge in [0.25, 0.3) is 0 Å². The number of carbonyl (C=O) groups is 1. The van der Waals surface area contributed by atoms with Crippen molar-refractivity contribution < 1.29 is 19.0 Å². The van der Waals surface area contributed by atoms with Gasteiger partial charge in [0, 0.05) is 17.6 Å². The van der Waals surface area contributed by atoms with Crippen LogP contribution in [0.1, 0.15) is 10.4 Å². The van der Waals surface area contributed by atoms with Crippen molar-refractivity contribution in [1.29, 1.82) is 0 Å². The first kappa shape index (κ1) is 13.1. The first-order valence-electron chi connectivity index (χ1n) is 6.19. The van der Waals surface area contributed by atoms with Crippen LogP contribution in [0, 0.1) is 5.82 Å². The number of aromatic nitrogens is 1. The number of nitrogens with zero attached hydrogens (tertiary/aromatic N) is 1. The molecule has 0 aliphatic heterocycles. The number of pyridine rings is 1. The first-order valence-corrected chi connectivity index (χ1v) is 6.19. The summed E-state index contributed by atoms with van der Waals surface area (Å²) in [4.78, 5) is 15.0. The van der Waals surface area contributed by atoms with Crippen LogP contribution < -0.4 is 4.74 Å². The summed E-state index contributed by atoms with van der Waals surface area (Å²) in [6.45, 7) is 0. The number of fused-ring (bicyclic) bond motifs is 1. The van der Waals surface area contributed by atoms with Gasteiger partial charge >= 0.3 is 5.97 Å². The lowest BCUT2D eigenvalue weighted by Gasteiger charge is -2.09. The van der Waals surface area contributed by atoms with Crippen LogP contribution in [0.2, 0.25) is 0 Å². The third-order valence-electron chi connectivity index (χ3n) is 3.01. The van der Waals surface area contributed by atoms with Crippen LogP contribution in [-0.4, -0.2) is 16.1 Å². The molecule has 5 heteroatoms. The van der Waals surface area contributed by atoms with Crippen LogP contribution in [-0.2, 0) is 0 Å². The Balaban J connectivity index is 1.99. The van der Waals surface area contributed by atoms with E-state index in [1.165, 1.54) is 12.1 Å². The zero-order valence-corrected chi connectivity index (χ0v) is 10.8. The molecule has 2 aromatic carbocycles. The summed E-state index contributed by atoms with van der Waals surface area (Å²) in [6.07, 6.45) is 1.60. The van der Waals surface area contributed by atoms with Crippen LogP contribution in [0.25, 0.3) is 10.9 Å². The number of rotatable bonds is 3. The Morgan fingerprint density at radius 3 is 2.71 bits per heavy atom. The van der Waals surface area contributed by atoms with E-state index in [0.717, 1.165) is 17.0 Å². The summed E-state index contributed by atoms with van der Waals surface area (Å²) >= 11 is 0. The Labute approximate surface area is 119 Å². The molecule has 0 saturated heterocycles. The molecular weight excluding hydrogens is 273 g/mol. The van der Waals surface area contributed by atoms with Crippen LogP contribution in [0.3, 0.4) is 0 Å². The summed E-state index contributed by atoms with van der Waals surface area (Å²) < 4.78 is 19.3. The quantitative estimate of drug-likeness (QED) is 0.792. The number of para-hydroxylation sites is 1. The zero-order valence-electron chi connectivity index (χ0n) is 10.8. The highest BCUT2D eigenvalue weighted by Gasteiger charge is 2.12. The van der Waals surface area contributed by atoms with Crippen LogP contribution in [0.15, 0.2) is 54.7 Å². The molecule has 1 heterocycles. The molecule has 0 aliphatic rings. The summed E-state index contributed by atoms with van der Waals surface area (Å²) in [5.41, 5.74) is 0.375. The molecule has 1 aromatic heterocycles. The van der Waals surface area contributed by atoms with Gasteiger partial charge in [-0.2, -0.15) is 0 Å². The highest BCUT2D eigenvalue weighted by Crippen LogP contribution is 2.29. The van der Waals surface area contributed by atoms with Crippen molar-refractivity contribution in [3.63, 3.8) is 0 Å². The van der Waals surface area contributed by atoms with Gasteiger partial charge in [-0.15, -0.1) is 0 Å². The molecule has 104 valence electrons. The van der Waals surface area contributed by atoms with E-state index in [2.05, 4.69) is 4.98 Å². The van der Waals surface area contributed by atoms with Crippen molar-refractivity contribution in [2.24, 2.45) is 0 Å². The van der Waals surface area contributed by atoms with Gasteiger partial charge < -0.3 is 9.84 Å².